The lowest BCUT2D eigenvalue weighted by Crippen LogP contribution is -2.28. The fraction of sp³-hybridized carbons (Fsp3) is 0.143. The molecular weight excluding hydrogens is 292 g/mol. The van der Waals surface area contributed by atoms with Gasteiger partial charge in [-0.05, 0) is 18.2 Å². The van der Waals surface area contributed by atoms with Crippen molar-refractivity contribution < 1.29 is 9.53 Å². The Morgan fingerprint density at radius 3 is 2.76 bits per heavy atom. The van der Waals surface area contributed by atoms with Crippen LogP contribution in [-0.2, 0) is 0 Å². The van der Waals surface area contributed by atoms with Gasteiger partial charge in [0.2, 0.25) is 5.88 Å². The Hall–Kier alpha value is -2.65. The van der Waals surface area contributed by atoms with Gasteiger partial charge >= 0.3 is 0 Å². The zero-order chi connectivity index (χ0) is 15.1. The highest BCUT2D eigenvalue weighted by atomic mass is 35.5. The molecule has 0 aliphatic rings. The molecule has 0 fully saturated rings. The number of amides is 1. The molecule has 0 atom stereocenters. The van der Waals surface area contributed by atoms with Crippen LogP contribution in [0.2, 0.25) is 5.02 Å². The number of nitrogens with zero attached hydrogens (tertiary/aromatic N) is 3. The van der Waals surface area contributed by atoms with Gasteiger partial charge in [0.25, 0.3) is 5.91 Å². The molecule has 6 nitrogen and oxygen atoms in total. The van der Waals surface area contributed by atoms with E-state index in [2.05, 4.69) is 15.3 Å². The van der Waals surface area contributed by atoms with Crippen molar-refractivity contribution in [2.24, 2.45) is 0 Å². The number of halogens is 1. The topological polar surface area (TPSA) is 87.9 Å². The maximum absolute atomic E-state index is 11.8. The van der Waals surface area contributed by atoms with Gasteiger partial charge in [0.1, 0.15) is 18.4 Å². The minimum absolute atomic E-state index is 0.249. The van der Waals surface area contributed by atoms with E-state index in [-0.39, 0.29) is 18.2 Å². The first-order chi connectivity index (χ1) is 10.2. The van der Waals surface area contributed by atoms with Crippen molar-refractivity contribution in [2.75, 3.05) is 13.2 Å². The van der Waals surface area contributed by atoms with Gasteiger partial charge in [-0.2, -0.15) is 5.26 Å². The van der Waals surface area contributed by atoms with Crippen LogP contribution in [-0.4, -0.2) is 29.0 Å². The van der Waals surface area contributed by atoms with Gasteiger partial charge in [-0.25, -0.2) is 9.97 Å². The maximum atomic E-state index is 11.8. The summed E-state index contributed by atoms with van der Waals surface area (Å²) in [6, 6.07) is 8.29. The van der Waals surface area contributed by atoms with Gasteiger partial charge in [0.05, 0.1) is 17.1 Å². The van der Waals surface area contributed by atoms with Gasteiger partial charge in [-0.1, -0.05) is 11.6 Å². The molecule has 0 saturated heterocycles. The van der Waals surface area contributed by atoms with E-state index in [1.165, 1.54) is 24.5 Å². The van der Waals surface area contributed by atoms with Crippen LogP contribution in [0.4, 0.5) is 0 Å². The Balaban J connectivity index is 1.76. The molecule has 0 unspecified atom stereocenters. The normalized spacial score (nSPS) is 9.71. The Labute approximate surface area is 126 Å². The second-order valence-corrected chi connectivity index (χ2v) is 4.40. The highest BCUT2D eigenvalue weighted by Gasteiger charge is 2.06. The summed E-state index contributed by atoms with van der Waals surface area (Å²) >= 11 is 5.70. The smallest absolute Gasteiger partial charge is 0.269 e. The quantitative estimate of drug-likeness (QED) is 0.851. The molecule has 2 rings (SSSR count). The minimum atomic E-state index is -0.327. The molecule has 0 spiro atoms. The van der Waals surface area contributed by atoms with Crippen molar-refractivity contribution >= 4 is 17.5 Å². The first-order valence-electron chi connectivity index (χ1n) is 6.08. The zero-order valence-corrected chi connectivity index (χ0v) is 11.7. The van der Waals surface area contributed by atoms with E-state index in [0.29, 0.717) is 23.0 Å². The number of aromatic nitrogens is 2. The van der Waals surface area contributed by atoms with Crippen molar-refractivity contribution in [3.8, 4) is 11.9 Å². The number of ether oxygens (including phenoxy) is 1. The number of rotatable bonds is 5. The molecule has 1 amide bonds. The minimum Gasteiger partial charge on any atom is -0.476 e. The zero-order valence-electron chi connectivity index (χ0n) is 10.9. The van der Waals surface area contributed by atoms with Crippen molar-refractivity contribution in [3.05, 3.63) is 52.9 Å². The van der Waals surface area contributed by atoms with Crippen LogP contribution >= 0.6 is 11.6 Å². The monoisotopic (exact) mass is 302 g/mol. The predicted molar refractivity (Wildman–Crippen MR) is 76.0 cm³/mol. The summed E-state index contributed by atoms with van der Waals surface area (Å²) in [7, 11) is 0. The molecule has 106 valence electrons. The lowest BCUT2D eigenvalue weighted by Gasteiger charge is -2.06. The van der Waals surface area contributed by atoms with Crippen LogP contribution < -0.4 is 10.1 Å². The van der Waals surface area contributed by atoms with Crippen molar-refractivity contribution in [3.63, 3.8) is 0 Å². The Morgan fingerprint density at radius 1 is 1.29 bits per heavy atom. The lowest BCUT2D eigenvalue weighted by molar-refractivity contribution is 0.0941. The number of carbonyl (C=O) groups excluding carboxylic acids is 1. The maximum Gasteiger partial charge on any atom is 0.269 e. The molecule has 2 aromatic rings. The van der Waals surface area contributed by atoms with E-state index in [9.17, 15) is 4.79 Å². The number of pyridine rings is 2. The number of nitrogens with one attached hydrogen (secondary N) is 1. The molecule has 0 aromatic carbocycles. The van der Waals surface area contributed by atoms with Gasteiger partial charge in [-0.3, -0.25) is 4.79 Å². The van der Waals surface area contributed by atoms with E-state index >= 15 is 0 Å². The Bertz CT molecular complexity index is 650. The van der Waals surface area contributed by atoms with E-state index in [0.717, 1.165) is 0 Å². The summed E-state index contributed by atoms with van der Waals surface area (Å²) in [4.78, 5) is 19.6. The van der Waals surface area contributed by atoms with Gasteiger partial charge in [-0.15, -0.1) is 0 Å². The van der Waals surface area contributed by atoms with Crippen LogP contribution in [0.3, 0.4) is 0 Å². The summed E-state index contributed by atoms with van der Waals surface area (Å²) in [5, 5.41) is 11.8. The number of hydrogen-bond acceptors (Lipinski definition) is 5. The average molecular weight is 303 g/mol. The number of carbonyl (C=O) groups is 1. The highest BCUT2D eigenvalue weighted by molar-refractivity contribution is 6.30. The van der Waals surface area contributed by atoms with Crippen molar-refractivity contribution in [1.82, 2.24) is 15.3 Å². The van der Waals surface area contributed by atoms with E-state index in [1.54, 1.807) is 12.1 Å². The molecule has 0 aliphatic carbocycles. The van der Waals surface area contributed by atoms with Gasteiger partial charge < -0.3 is 10.1 Å². The number of nitriles is 1. The van der Waals surface area contributed by atoms with Crippen molar-refractivity contribution in [1.29, 1.82) is 5.26 Å². The molecule has 0 radical (unpaired) electrons. The second kappa shape index (κ2) is 7.22. The summed E-state index contributed by atoms with van der Waals surface area (Å²) in [5.41, 5.74) is 0.655. The molecule has 7 heteroatoms. The van der Waals surface area contributed by atoms with Gasteiger partial charge in [0, 0.05) is 18.5 Å². The first kappa shape index (κ1) is 14.8. The van der Waals surface area contributed by atoms with Crippen LogP contribution in [0.15, 0.2) is 36.7 Å². The Morgan fingerprint density at radius 2 is 2.14 bits per heavy atom. The third kappa shape index (κ3) is 4.44. The van der Waals surface area contributed by atoms with Crippen LogP contribution in [0, 0.1) is 11.3 Å². The predicted octanol–water partition coefficient (Wildman–Crippen LogP) is 1.81. The summed E-state index contributed by atoms with van der Waals surface area (Å²) in [6.45, 7) is 0.585. The lowest BCUT2D eigenvalue weighted by atomic mass is 10.2. The summed E-state index contributed by atoms with van der Waals surface area (Å²) < 4.78 is 5.34. The van der Waals surface area contributed by atoms with Crippen LogP contribution in [0.5, 0.6) is 5.88 Å². The van der Waals surface area contributed by atoms with Crippen LogP contribution in [0.25, 0.3) is 0 Å². The standard InChI is InChI=1S/C14H11ClN4O2/c15-11-2-4-13(19-9-11)21-6-5-17-14(20)12-3-1-10(7-16)8-18-12/h1-4,8-9H,5-6H2,(H,17,20). The SMILES string of the molecule is N#Cc1ccc(C(=O)NCCOc2ccc(Cl)cn2)nc1. The third-order valence-corrected chi connectivity index (χ3v) is 2.69. The number of hydrogen-bond donors (Lipinski definition) is 1. The molecule has 0 aliphatic heterocycles. The highest BCUT2D eigenvalue weighted by Crippen LogP contribution is 2.10. The average Bonchev–Trinajstić information content (AvgIpc) is 2.53. The molecule has 21 heavy (non-hydrogen) atoms. The first-order valence-corrected chi connectivity index (χ1v) is 6.45. The molecule has 0 saturated carbocycles. The molecule has 0 bridgehead atoms. The third-order valence-electron chi connectivity index (χ3n) is 2.46. The molecule has 2 heterocycles. The fourth-order valence-corrected chi connectivity index (χ4v) is 1.56. The van der Waals surface area contributed by atoms with Crippen LogP contribution in [0.1, 0.15) is 16.1 Å². The summed E-state index contributed by atoms with van der Waals surface area (Å²) in [5.74, 6) is 0.109. The second-order valence-electron chi connectivity index (χ2n) is 3.96. The molecule has 2 aromatic heterocycles. The van der Waals surface area contributed by atoms with E-state index in [4.69, 9.17) is 21.6 Å². The van der Waals surface area contributed by atoms with E-state index in [1.807, 2.05) is 6.07 Å². The molecular formula is C14H11ClN4O2. The summed E-state index contributed by atoms with van der Waals surface area (Å²) in [6.07, 6.45) is 2.83. The van der Waals surface area contributed by atoms with Crippen molar-refractivity contribution in [2.45, 2.75) is 0 Å². The molecule has 1 N–H and O–H groups in total. The fourth-order valence-electron chi connectivity index (χ4n) is 1.45. The Kier molecular flexibility index (Phi) is 5.07. The largest absolute Gasteiger partial charge is 0.476 e. The van der Waals surface area contributed by atoms with Gasteiger partial charge in [0.15, 0.2) is 0 Å². The van der Waals surface area contributed by atoms with E-state index < -0.39 is 0 Å².